The van der Waals surface area contributed by atoms with Crippen molar-refractivity contribution in [3.8, 4) is 0 Å². The Morgan fingerprint density at radius 1 is 1.48 bits per heavy atom. The highest BCUT2D eigenvalue weighted by molar-refractivity contribution is 7.47. The van der Waals surface area contributed by atoms with Crippen LogP contribution in [0.15, 0.2) is 6.33 Å². The molecule has 3 unspecified atom stereocenters. The maximum absolute atomic E-state index is 11.5. The van der Waals surface area contributed by atoms with Gasteiger partial charge in [0.1, 0.15) is 24.6 Å². The second-order valence-electron chi connectivity index (χ2n) is 5.07. The monoisotopic (exact) mass is 363 g/mol. The molecule has 2 aromatic heterocycles. The number of hydrogen-bond acceptors (Lipinski definition) is 9. The fourth-order valence-electron chi connectivity index (χ4n) is 2.67. The number of halogens is 1. The van der Waals surface area contributed by atoms with E-state index in [1.165, 1.54) is 10.9 Å². The molecule has 11 nitrogen and oxygen atoms in total. The number of imidazole rings is 1. The van der Waals surface area contributed by atoms with E-state index in [9.17, 15) is 14.6 Å². The van der Waals surface area contributed by atoms with E-state index in [4.69, 9.17) is 26.6 Å². The first-order valence-electron chi connectivity index (χ1n) is 6.50. The Morgan fingerprint density at radius 3 is 3.04 bits per heavy atom. The molecule has 0 bridgehead atoms. The van der Waals surface area contributed by atoms with Gasteiger partial charge < -0.3 is 20.5 Å². The average Bonchev–Trinajstić information content (AvgIpc) is 2.97. The van der Waals surface area contributed by atoms with E-state index in [1.54, 1.807) is 0 Å². The van der Waals surface area contributed by atoms with Crippen LogP contribution in [0.5, 0.6) is 0 Å². The van der Waals surface area contributed by atoms with Crippen LogP contribution in [0.25, 0.3) is 11.2 Å². The van der Waals surface area contributed by atoms with Gasteiger partial charge in [0.05, 0.1) is 6.61 Å². The van der Waals surface area contributed by atoms with Crippen molar-refractivity contribution < 1.29 is 28.3 Å². The quantitative estimate of drug-likeness (QED) is 0.459. The molecule has 0 aliphatic carbocycles. The molecule has 124 valence electrons. The molecule has 13 heteroatoms. The number of nitrogens with zero attached hydrogens (tertiary/aromatic N) is 4. The highest BCUT2D eigenvalue weighted by Gasteiger charge is 2.53. The van der Waals surface area contributed by atoms with Crippen LogP contribution < -0.4 is 5.73 Å². The molecule has 0 spiro atoms. The molecular formula is C10H11ClN5O6P. The summed E-state index contributed by atoms with van der Waals surface area (Å²) < 4.78 is 28.0. The van der Waals surface area contributed by atoms with Crippen molar-refractivity contribution in [2.24, 2.45) is 0 Å². The number of aliphatic hydroxyl groups is 1. The molecule has 2 saturated heterocycles. The maximum atomic E-state index is 11.5. The van der Waals surface area contributed by atoms with Gasteiger partial charge in [0.25, 0.3) is 0 Å². The molecule has 4 heterocycles. The number of anilines is 1. The SMILES string of the molecule is Nc1ncnc2c1nc(Cl)n2[C@@H]1O[C@@H]2COP(=O)(O)OC2C1O. The molecule has 23 heavy (non-hydrogen) atoms. The van der Waals surface area contributed by atoms with E-state index in [1.807, 2.05) is 0 Å². The van der Waals surface area contributed by atoms with Gasteiger partial charge in [-0.05, 0) is 11.6 Å². The van der Waals surface area contributed by atoms with E-state index in [2.05, 4.69) is 19.5 Å². The van der Waals surface area contributed by atoms with E-state index in [-0.39, 0.29) is 28.9 Å². The molecular weight excluding hydrogens is 353 g/mol. The summed E-state index contributed by atoms with van der Waals surface area (Å²) >= 11 is 6.10. The summed E-state index contributed by atoms with van der Waals surface area (Å²) in [6.07, 6.45) is -2.87. The number of aliphatic hydroxyl groups excluding tert-OH is 1. The van der Waals surface area contributed by atoms with Crippen molar-refractivity contribution in [2.45, 2.75) is 24.5 Å². The minimum Gasteiger partial charge on any atom is -0.386 e. The minimum absolute atomic E-state index is 0.0250. The number of nitrogens with two attached hydrogens (primary N) is 1. The number of nitrogen functional groups attached to an aromatic ring is 1. The zero-order valence-corrected chi connectivity index (χ0v) is 13.0. The first kappa shape index (κ1) is 15.2. The number of phosphoric acid groups is 1. The molecule has 2 fully saturated rings. The zero-order valence-electron chi connectivity index (χ0n) is 11.3. The highest BCUT2D eigenvalue weighted by atomic mass is 35.5. The van der Waals surface area contributed by atoms with Gasteiger partial charge in [-0.15, -0.1) is 0 Å². The minimum atomic E-state index is -4.21. The van der Waals surface area contributed by atoms with Crippen LogP contribution in [-0.4, -0.2) is 54.4 Å². The van der Waals surface area contributed by atoms with Crippen molar-refractivity contribution in [1.82, 2.24) is 19.5 Å². The fourth-order valence-corrected chi connectivity index (χ4v) is 3.90. The maximum Gasteiger partial charge on any atom is 0.472 e. The van der Waals surface area contributed by atoms with Gasteiger partial charge in [0.15, 0.2) is 23.2 Å². The van der Waals surface area contributed by atoms with Gasteiger partial charge in [-0.25, -0.2) is 19.5 Å². The standard InChI is InChI=1S/C10H11ClN5O6P/c11-10-15-4-7(12)13-2-14-8(4)16(10)9-5(17)6-3(21-9)1-20-23(18,19)22-6/h2-3,5-6,9,17H,1H2,(H,18,19)(H2,12,13,14)/t3-,5?,6?,9-/m1/s1. The lowest BCUT2D eigenvalue weighted by Crippen LogP contribution is -2.39. The molecule has 4 rings (SSSR count). The lowest BCUT2D eigenvalue weighted by molar-refractivity contribution is -0.0663. The Labute approximate surface area is 133 Å². The number of fused-ring (bicyclic) bond motifs is 2. The van der Waals surface area contributed by atoms with Gasteiger partial charge in [-0.1, -0.05) is 0 Å². The van der Waals surface area contributed by atoms with Gasteiger partial charge in [-0.2, -0.15) is 0 Å². The van der Waals surface area contributed by atoms with E-state index >= 15 is 0 Å². The molecule has 2 aliphatic heterocycles. The Balaban J connectivity index is 1.76. The molecule has 5 atom stereocenters. The van der Waals surface area contributed by atoms with Crippen LogP contribution in [-0.2, 0) is 18.3 Å². The van der Waals surface area contributed by atoms with Crippen molar-refractivity contribution in [1.29, 1.82) is 0 Å². The predicted molar refractivity (Wildman–Crippen MR) is 75.3 cm³/mol. The van der Waals surface area contributed by atoms with Crippen LogP contribution in [0.2, 0.25) is 5.28 Å². The van der Waals surface area contributed by atoms with Crippen LogP contribution in [0, 0.1) is 0 Å². The van der Waals surface area contributed by atoms with Gasteiger partial charge in [-0.3, -0.25) is 13.6 Å². The van der Waals surface area contributed by atoms with Crippen LogP contribution in [0.3, 0.4) is 0 Å². The third-order valence-electron chi connectivity index (χ3n) is 3.68. The lowest BCUT2D eigenvalue weighted by Gasteiger charge is -2.27. The first-order chi connectivity index (χ1) is 10.9. The summed E-state index contributed by atoms with van der Waals surface area (Å²) in [6, 6.07) is 0. The molecule has 0 amide bonds. The second kappa shape index (κ2) is 5.08. The highest BCUT2D eigenvalue weighted by Crippen LogP contribution is 2.52. The molecule has 2 aromatic rings. The van der Waals surface area contributed by atoms with Crippen molar-refractivity contribution in [3.05, 3.63) is 11.6 Å². The summed E-state index contributed by atoms with van der Waals surface area (Å²) in [5.41, 5.74) is 6.24. The third-order valence-corrected chi connectivity index (χ3v) is 4.93. The summed E-state index contributed by atoms with van der Waals surface area (Å²) in [6.45, 7) is -0.201. The first-order valence-corrected chi connectivity index (χ1v) is 8.38. The number of aromatic nitrogens is 4. The third kappa shape index (κ3) is 2.32. The Bertz CT molecular complexity index is 831. The predicted octanol–water partition coefficient (Wildman–Crippen LogP) is -0.164. The Morgan fingerprint density at radius 2 is 2.26 bits per heavy atom. The van der Waals surface area contributed by atoms with Crippen molar-refractivity contribution >= 4 is 36.4 Å². The molecule has 0 radical (unpaired) electrons. The fraction of sp³-hybridized carbons (Fsp3) is 0.500. The molecule has 4 N–H and O–H groups in total. The van der Waals surface area contributed by atoms with Crippen LogP contribution >= 0.6 is 19.4 Å². The second-order valence-corrected chi connectivity index (χ2v) is 6.82. The number of hydrogen-bond donors (Lipinski definition) is 3. The van der Waals surface area contributed by atoms with Crippen LogP contribution in [0.1, 0.15) is 6.23 Å². The number of phosphoric ester groups is 1. The summed E-state index contributed by atoms with van der Waals surface area (Å²) in [5.74, 6) is 0.125. The molecule has 2 aliphatic rings. The smallest absolute Gasteiger partial charge is 0.386 e. The summed E-state index contributed by atoms with van der Waals surface area (Å²) in [5, 5.41) is 10.4. The number of rotatable bonds is 1. The largest absolute Gasteiger partial charge is 0.472 e. The normalized spacial score (nSPS) is 37.2. The van der Waals surface area contributed by atoms with Gasteiger partial charge in [0, 0.05) is 0 Å². The average molecular weight is 364 g/mol. The van der Waals surface area contributed by atoms with Crippen LogP contribution in [0.4, 0.5) is 5.82 Å². The Hall–Kier alpha value is -1.33. The molecule has 0 aromatic carbocycles. The lowest BCUT2D eigenvalue weighted by atomic mass is 10.1. The van der Waals surface area contributed by atoms with E-state index in [0.29, 0.717) is 0 Å². The van der Waals surface area contributed by atoms with E-state index in [0.717, 1.165) is 0 Å². The van der Waals surface area contributed by atoms with Gasteiger partial charge in [0.2, 0.25) is 5.28 Å². The topological polar surface area (TPSA) is 155 Å². The van der Waals surface area contributed by atoms with Crippen molar-refractivity contribution in [3.63, 3.8) is 0 Å². The van der Waals surface area contributed by atoms with Crippen molar-refractivity contribution in [2.75, 3.05) is 12.3 Å². The number of ether oxygens (including phenoxy) is 1. The summed E-state index contributed by atoms with van der Waals surface area (Å²) in [4.78, 5) is 21.3. The molecule has 0 saturated carbocycles. The van der Waals surface area contributed by atoms with Gasteiger partial charge >= 0.3 is 7.82 Å². The zero-order chi connectivity index (χ0) is 16.4. The van der Waals surface area contributed by atoms with E-state index < -0.39 is 32.4 Å². The Kier molecular flexibility index (Phi) is 3.36. The summed E-state index contributed by atoms with van der Waals surface area (Å²) in [7, 11) is -4.21.